The number of hydrogen-bond donors (Lipinski definition) is 0. The van der Waals surface area contributed by atoms with Crippen LogP contribution in [0.5, 0.6) is 0 Å². The van der Waals surface area contributed by atoms with Gasteiger partial charge in [-0.2, -0.15) is 4.31 Å². The molecule has 9 heteroatoms. The summed E-state index contributed by atoms with van der Waals surface area (Å²) in [7, 11) is -3.72. The number of aromatic nitrogens is 1. The lowest BCUT2D eigenvalue weighted by molar-refractivity contribution is 0.0192. The molecule has 1 aliphatic heterocycles. The van der Waals surface area contributed by atoms with Crippen LogP contribution in [0.2, 0.25) is 5.02 Å². The molecule has 128 valence electrons. The number of hydrogen-bond acceptors (Lipinski definition) is 5. The summed E-state index contributed by atoms with van der Waals surface area (Å²) in [6, 6.07) is 1.44. The largest absolute Gasteiger partial charge is 0.444 e. The molecule has 0 atom stereocenters. The van der Waals surface area contributed by atoms with Gasteiger partial charge < -0.3 is 9.64 Å². The van der Waals surface area contributed by atoms with Crippen LogP contribution >= 0.6 is 11.6 Å². The zero-order chi connectivity index (χ0) is 17.3. The minimum atomic E-state index is -3.72. The molecule has 1 aromatic rings. The van der Waals surface area contributed by atoms with Gasteiger partial charge in [-0.05, 0) is 26.8 Å². The normalized spacial score (nSPS) is 17.1. The maximum Gasteiger partial charge on any atom is 0.410 e. The summed E-state index contributed by atoms with van der Waals surface area (Å²) in [5.41, 5.74) is -0.580. The standard InChI is InChI=1S/C14H20ClN3O4S/c1-14(2,3)22-13(19)17-6-8-18(9-7-17)23(20,21)12-10-16-5-4-11(12)15/h4-5,10H,6-9H2,1-3H3. The third-order valence-electron chi connectivity index (χ3n) is 3.24. The Labute approximate surface area is 141 Å². The van der Waals surface area contributed by atoms with Gasteiger partial charge in [-0.1, -0.05) is 11.6 Å². The zero-order valence-corrected chi connectivity index (χ0v) is 14.9. The molecule has 0 aliphatic carbocycles. The molecule has 0 N–H and O–H groups in total. The number of rotatable bonds is 2. The molecule has 0 radical (unpaired) electrons. The molecule has 1 amide bonds. The molecule has 1 aromatic heterocycles. The summed E-state index contributed by atoms with van der Waals surface area (Å²) in [4.78, 5) is 17.3. The third kappa shape index (κ3) is 4.33. The number of carbonyl (C=O) groups excluding carboxylic acids is 1. The number of nitrogens with zero attached hydrogens (tertiary/aromatic N) is 3. The van der Waals surface area contributed by atoms with Crippen molar-refractivity contribution in [3.05, 3.63) is 23.5 Å². The van der Waals surface area contributed by atoms with E-state index in [1.54, 1.807) is 20.8 Å². The molecule has 1 aliphatic rings. The van der Waals surface area contributed by atoms with Gasteiger partial charge in [-0.15, -0.1) is 0 Å². The van der Waals surface area contributed by atoms with Gasteiger partial charge in [0.25, 0.3) is 0 Å². The highest BCUT2D eigenvalue weighted by Crippen LogP contribution is 2.24. The van der Waals surface area contributed by atoms with Crippen molar-refractivity contribution >= 4 is 27.7 Å². The lowest BCUT2D eigenvalue weighted by Gasteiger charge is -2.35. The van der Waals surface area contributed by atoms with E-state index >= 15 is 0 Å². The molecule has 2 rings (SSSR count). The first-order valence-corrected chi connectivity index (χ1v) is 9.01. The predicted octanol–water partition coefficient (Wildman–Crippen LogP) is 1.98. The summed E-state index contributed by atoms with van der Waals surface area (Å²) in [6.07, 6.45) is 2.23. The molecule has 2 heterocycles. The van der Waals surface area contributed by atoms with Gasteiger partial charge in [0.15, 0.2) is 0 Å². The van der Waals surface area contributed by atoms with Crippen molar-refractivity contribution in [3.63, 3.8) is 0 Å². The highest BCUT2D eigenvalue weighted by molar-refractivity contribution is 7.89. The summed E-state index contributed by atoms with van der Waals surface area (Å²) >= 11 is 5.95. The monoisotopic (exact) mass is 361 g/mol. The van der Waals surface area contributed by atoms with Gasteiger partial charge in [0.2, 0.25) is 10.0 Å². The lowest BCUT2D eigenvalue weighted by Crippen LogP contribution is -2.51. The fourth-order valence-corrected chi connectivity index (χ4v) is 3.96. The molecule has 7 nitrogen and oxygen atoms in total. The molecular formula is C14H20ClN3O4S. The lowest BCUT2D eigenvalue weighted by atomic mass is 10.2. The quantitative estimate of drug-likeness (QED) is 0.804. The van der Waals surface area contributed by atoms with Crippen molar-refractivity contribution < 1.29 is 17.9 Å². The van der Waals surface area contributed by atoms with Crippen LogP contribution in [0.3, 0.4) is 0 Å². The van der Waals surface area contributed by atoms with Gasteiger partial charge in [-0.25, -0.2) is 13.2 Å². The van der Waals surface area contributed by atoms with Crippen LogP contribution in [0.4, 0.5) is 4.79 Å². The molecule has 0 spiro atoms. The Hall–Kier alpha value is -1.38. The average Bonchev–Trinajstić information content (AvgIpc) is 2.46. The van der Waals surface area contributed by atoms with Crippen LogP contribution in [0.15, 0.2) is 23.4 Å². The van der Waals surface area contributed by atoms with Crippen LogP contribution in [-0.4, -0.2) is 60.5 Å². The highest BCUT2D eigenvalue weighted by atomic mass is 35.5. The number of piperazine rings is 1. The van der Waals surface area contributed by atoms with Gasteiger partial charge in [0.1, 0.15) is 10.5 Å². The van der Waals surface area contributed by atoms with E-state index in [2.05, 4.69) is 4.98 Å². The van der Waals surface area contributed by atoms with E-state index in [0.717, 1.165) is 0 Å². The average molecular weight is 362 g/mol. The summed E-state index contributed by atoms with van der Waals surface area (Å²) < 4.78 is 31.8. The minimum absolute atomic E-state index is 0.0209. The van der Waals surface area contributed by atoms with Crippen molar-refractivity contribution in [2.75, 3.05) is 26.2 Å². The topological polar surface area (TPSA) is 79.8 Å². The summed E-state index contributed by atoms with van der Waals surface area (Å²) in [6.45, 7) is 6.28. The number of ether oxygens (including phenoxy) is 1. The summed E-state index contributed by atoms with van der Waals surface area (Å²) in [5, 5.41) is 0.134. The Bertz CT molecular complexity index is 680. The number of amides is 1. The molecule has 1 saturated heterocycles. The molecular weight excluding hydrogens is 342 g/mol. The van der Waals surface area contributed by atoms with Crippen LogP contribution < -0.4 is 0 Å². The van der Waals surface area contributed by atoms with Crippen molar-refractivity contribution in [3.8, 4) is 0 Å². The minimum Gasteiger partial charge on any atom is -0.444 e. The number of sulfonamides is 1. The Morgan fingerprint density at radius 2 is 1.87 bits per heavy atom. The van der Waals surface area contributed by atoms with E-state index in [4.69, 9.17) is 16.3 Å². The first-order chi connectivity index (χ1) is 10.6. The van der Waals surface area contributed by atoms with Crippen LogP contribution in [0.1, 0.15) is 20.8 Å². The fourth-order valence-electron chi connectivity index (χ4n) is 2.13. The first kappa shape index (κ1) is 18.0. The van der Waals surface area contributed by atoms with Crippen LogP contribution in [0.25, 0.3) is 0 Å². The maximum atomic E-state index is 12.6. The second kappa shape index (κ2) is 6.62. The van der Waals surface area contributed by atoms with E-state index in [9.17, 15) is 13.2 Å². The van der Waals surface area contributed by atoms with Crippen molar-refractivity contribution in [2.24, 2.45) is 0 Å². The van der Waals surface area contributed by atoms with E-state index in [1.807, 2.05) is 0 Å². The van der Waals surface area contributed by atoms with Crippen LogP contribution in [0, 0.1) is 0 Å². The van der Waals surface area contributed by atoms with E-state index in [0.29, 0.717) is 0 Å². The molecule has 0 unspecified atom stereocenters. The maximum absolute atomic E-state index is 12.6. The van der Waals surface area contributed by atoms with Gasteiger partial charge >= 0.3 is 6.09 Å². The van der Waals surface area contributed by atoms with Crippen molar-refractivity contribution in [1.29, 1.82) is 0 Å². The molecule has 23 heavy (non-hydrogen) atoms. The SMILES string of the molecule is CC(C)(C)OC(=O)N1CCN(S(=O)(=O)c2cnccc2Cl)CC1. The number of pyridine rings is 1. The van der Waals surface area contributed by atoms with E-state index in [1.165, 1.54) is 27.7 Å². The number of carbonyl (C=O) groups is 1. The van der Waals surface area contributed by atoms with Crippen molar-refractivity contribution in [1.82, 2.24) is 14.2 Å². The van der Waals surface area contributed by atoms with E-state index in [-0.39, 0.29) is 36.1 Å². The first-order valence-electron chi connectivity index (χ1n) is 7.19. The third-order valence-corrected chi connectivity index (χ3v) is 5.61. The Morgan fingerprint density at radius 3 is 2.39 bits per heavy atom. The van der Waals surface area contributed by atoms with Gasteiger partial charge in [0, 0.05) is 38.6 Å². The Morgan fingerprint density at radius 1 is 1.26 bits per heavy atom. The second-order valence-corrected chi connectivity index (χ2v) is 8.49. The van der Waals surface area contributed by atoms with Crippen molar-refractivity contribution in [2.45, 2.75) is 31.3 Å². The molecule has 0 bridgehead atoms. The fraction of sp³-hybridized carbons (Fsp3) is 0.571. The zero-order valence-electron chi connectivity index (χ0n) is 13.3. The smallest absolute Gasteiger partial charge is 0.410 e. The van der Waals surface area contributed by atoms with Crippen LogP contribution in [-0.2, 0) is 14.8 Å². The number of halogens is 1. The highest BCUT2D eigenvalue weighted by Gasteiger charge is 2.33. The summed E-state index contributed by atoms with van der Waals surface area (Å²) in [5.74, 6) is 0. The van der Waals surface area contributed by atoms with E-state index < -0.39 is 21.7 Å². The molecule has 0 aromatic carbocycles. The predicted molar refractivity (Wildman–Crippen MR) is 85.8 cm³/mol. The van der Waals surface area contributed by atoms with Gasteiger partial charge in [-0.3, -0.25) is 4.98 Å². The van der Waals surface area contributed by atoms with Gasteiger partial charge in [0.05, 0.1) is 5.02 Å². The second-order valence-electron chi connectivity index (χ2n) is 6.18. The Balaban J connectivity index is 2.04. The Kier molecular flexibility index (Phi) is 5.17. The molecule has 1 fully saturated rings. The molecule has 0 saturated carbocycles.